The van der Waals surface area contributed by atoms with Gasteiger partial charge in [-0.3, -0.25) is 10.1 Å². The standard InChI is InChI=1S/C18H17N5O2/c1-13-7-5-6-10-15(13)22-18-16(23(24)25)17(20-12-21-18)19-11-14-8-3-2-4-9-14/h2-10,12H,11H2,1H3,(H2,19,20,21,22). The molecule has 0 amide bonds. The van der Waals surface area contributed by atoms with Crippen LogP contribution in [0, 0.1) is 17.0 Å². The fraction of sp³-hybridized carbons (Fsp3) is 0.111. The number of nitrogens with zero attached hydrogens (tertiary/aromatic N) is 3. The van der Waals surface area contributed by atoms with Gasteiger partial charge in [0.05, 0.1) is 4.92 Å². The zero-order valence-electron chi connectivity index (χ0n) is 13.6. The van der Waals surface area contributed by atoms with Crippen molar-refractivity contribution in [2.75, 3.05) is 10.6 Å². The van der Waals surface area contributed by atoms with Crippen LogP contribution < -0.4 is 10.6 Å². The average molecular weight is 335 g/mol. The van der Waals surface area contributed by atoms with Crippen molar-refractivity contribution in [2.24, 2.45) is 0 Å². The maximum Gasteiger partial charge on any atom is 0.353 e. The smallest absolute Gasteiger partial charge is 0.353 e. The zero-order valence-corrected chi connectivity index (χ0v) is 13.6. The zero-order chi connectivity index (χ0) is 17.6. The molecule has 0 bridgehead atoms. The Bertz CT molecular complexity index is 884. The Balaban J connectivity index is 1.89. The molecule has 0 atom stereocenters. The number of para-hydroxylation sites is 1. The molecule has 0 saturated carbocycles. The van der Waals surface area contributed by atoms with Gasteiger partial charge < -0.3 is 10.6 Å². The van der Waals surface area contributed by atoms with E-state index in [-0.39, 0.29) is 17.3 Å². The molecule has 1 aromatic heterocycles. The minimum Gasteiger partial charge on any atom is -0.360 e. The van der Waals surface area contributed by atoms with Crippen LogP contribution in [0.1, 0.15) is 11.1 Å². The monoisotopic (exact) mass is 335 g/mol. The number of hydrogen-bond donors (Lipinski definition) is 2. The summed E-state index contributed by atoms with van der Waals surface area (Å²) in [6.07, 6.45) is 1.31. The molecule has 0 unspecified atom stereocenters. The van der Waals surface area contributed by atoms with Gasteiger partial charge in [-0.25, -0.2) is 9.97 Å². The van der Waals surface area contributed by atoms with E-state index < -0.39 is 4.92 Å². The number of nitrogens with one attached hydrogen (secondary N) is 2. The van der Waals surface area contributed by atoms with Crippen LogP contribution in [0.15, 0.2) is 60.9 Å². The van der Waals surface area contributed by atoms with Crippen molar-refractivity contribution in [1.82, 2.24) is 9.97 Å². The highest BCUT2D eigenvalue weighted by molar-refractivity contribution is 5.74. The fourth-order valence-corrected chi connectivity index (χ4v) is 2.39. The first kappa shape index (κ1) is 16.4. The Labute approximate surface area is 144 Å². The normalized spacial score (nSPS) is 10.3. The lowest BCUT2D eigenvalue weighted by molar-refractivity contribution is -0.383. The molecule has 3 aromatic rings. The molecule has 0 aliphatic rings. The van der Waals surface area contributed by atoms with Crippen LogP contribution in [-0.4, -0.2) is 14.9 Å². The highest BCUT2D eigenvalue weighted by atomic mass is 16.6. The van der Waals surface area contributed by atoms with Gasteiger partial charge in [-0.2, -0.15) is 0 Å². The van der Waals surface area contributed by atoms with Gasteiger partial charge in [0.1, 0.15) is 6.33 Å². The van der Waals surface area contributed by atoms with E-state index in [2.05, 4.69) is 20.6 Å². The van der Waals surface area contributed by atoms with Crippen LogP contribution in [0.5, 0.6) is 0 Å². The Morgan fingerprint density at radius 1 is 1.00 bits per heavy atom. The molecule has 3 rings (SSSR count). The lowest BCUT2D eigenvalue weighted by Gasteiger charge is -2.11. The summed E-state index contributed by atoms with van der Waals surface area (Å²) in [6.45, 7) is 2.35. The summed E-state index contributed by atoms with van der Waals surface area (Å²) in [5.41, 5.74) is 2.55. The van der Waals surface area contributed by atoms with Gasteiger partial charge in [0.2, 0.25) is 11.6 Å². The Morgan fingerprint density at radius 2 is 1.68 bits per heavy atom. The van der Waals surface area contributed by atoms with Crippen molar-refractivity contribution in [2.45, 2.75) is 13.5 Å². The first-order chi connectivity index (χ1) is 12.1. The van der Waals surface area contributed by atoms with Crippen molar-refractivity contribution in [3.63, 3.8) is 0 Å². The van der Waals surface area contributed by atoms with Crippen LogP contribution in [0.4, 0.5) is 23.0 Å². The summed E-state index contributed by atoms with van der Waals surface area (Å²) in [5, 5.41) is 17.6. The predicted molar refractivity (Wildman–Crippen MR) is 96.9 cm³/mol. The van der Waals surface area contributed by atoms with E-state index in [1.807, 2.05) is 61.5 Å². The second-order valence-corrected chi connectivity index (χ2v) is 5.46. The molecule has 126 valence electrons. The van der Waals surface area contributed by atoms with Crippen LogP contribution in [-0.2, 0) is 6.54 Å². The quantitative estimate of drug-likeness (QED) is 0.521. The molecule has 2 aromatic carbocycles. The molecule has 0 spiro atoms. The van der Waals surface area contributed by atoms with E-state index in [4.69, 9.17) is 0 Å². The molecule has 0 aliphatic carbocycles. The van der Waals surface area contributed by atoms with Gasteiger partial charge in [-0.15, -0.1) is 0 Å². The summed E-state index contributed by atoms with van der Waals surface area (Å²) in [6, 6.07) is 17.1. The van der Waals surface area contributed by atoms with Crippen LogP contribution in [0.2, 0.25) is 0 Å². The van der Waals surface area contributed by atoms with E-state index in [1.165, 1.54) is 6.33 Å². The number of rotatable bonds is 6. The predicted octanol–water partition coefficient (Wildman–Crippen LogP) is 4.05. The highest BCUT2D eigenvalue weighted by Crippen LogP contribution is 2.32. The van der Waals surface area contributed by atoms with Crippen LogP contribution in [0.3, 0.4) is 0 Å². The van der Waals surface area contributed by atoms with Gasteiger partial charge in [-0.1, -0.05) is 48.5 Å². The molecular weight excluding hydrogens is 318 g/mol. The first-order valence-corrected chi connectivity index (χ1v) is 7.75. The third kappa shape index (κ3) is 3.89. The summed E-state index contributed by atoms with van der Waals surface area (Å²) in [4.78, 5) is 19.2. The van der Waals surface area contributed by atoms with Gasteiger partial charge >= 0.3 is 5.69 Å². The first-order valence-electron chi connectivity index (χ1n) is 7.75. The van der Waals surface area contributed by atoms with E-state index >= 15 is 0 Å². The van der Waals surface area contributed by atoms with Gasteiger partial charge in [0.15, 0.2) is 0 Å². The third-order valence-corrected chi connectivity index (χ3v) is 3.71. The molecule has 2 N–H and O–H groups in total. The molecule has 7 heteroatoms. The Hall–Kier alpha value is -3.48. The van der Waals surface area contributed by atoms with Gasteiger partial charge in [0, 0.05) is 12.2 Å². The minimum atomic E-state index is -0.478. The number of benzene rings is 2. The van der Waals surface area contributed by atoms with Crippen molar-refractivity contribution in [3.05, 3.63) is 82.2 Å². The fourth-order valence-electron chi connectivity index (χ4n) is 2.39. The van der Waals surface area contributed by atoms with E-state index in [0.717, 1.165) is 16.8 Å². The van der Waals surface area contributed by atoms with E-state index in [1.54, 1.807) is 0 Å². The third-order valence-electron chi connectivity index (χ3n) is 3.71. The molecule has 0 aliphatic heterocycles. The number of aryl methyl sites for hydroxylation is 1. The Kier molecular flexibility index (Phi) is 4.84. The molecule has 1 heterocycles. The molecule has 0 fully saturated rings. The summed E-state index contributed by atoms with van der Waals surface area (Å²) >= 11 is 0. The van der Waals surface area contributed by atoms with Gasteiger partial charge in [0.25, 0.3) is 0 Å². The van der Waals surface area contributed by atoms with Crippen LogP contribution in [0.25, 0.3) is 0 Å². The van der Waals surface area contributed by atoms with Crippen molar-refractivity contribution >= 4 is 23.0 Å². The summed E-state index contributed by atoms with van der Waals surface area (Å²) < 4.78 is 0. The van der Waals surface area contributed by atoms with E-state index in [0.29, 0.717) is 6.54 Å². The van der Waals surface area contributed by atoms with Gasteiger partial charge in [-0.05, 0) is 24.1 Å². The maximum atomic E-state index is 11.6. The number of aromatic nitrogens is 2. The lowest BCUT2D eigenvalue weighted by atomic mass is 10.2. The second kappa shape index (κ2) is 7.39. The van der Waals surface area contributed by atoms with Crippen LogP contribution >= 0.6 is 0 Å². The molecule has 0 radical (unpaired) electrons. The number of anilines is 3. The van der Waals surface area contributed by atoms with Crippen molar-refractivity contribution in [1.29, 1.82) is 0 Å². The summed E-state index contributed by atoms with van der Waals surface area (Å²) in [7, 11) is 0. The molecule has 0 saturated heterocycles. The number of nitro groups is 1. The van der Waals surface area contributed by atoms with E-state index in [9.17, 15) is 10.1 Å². The summed E-state index contributed by atoms with van der Waals surface area (Å²) in [5.74, 6) is 0.338. The van der Waals surface area contributed by atoms with Crippen molar-refractivity contribution in [3.8, 4) is 0 Å². The maximum absolute atomic E-state index is 11.6. The second-order valence-electron chi connectivity index (χ2n) is 5.46. The molecular formula is C18H17N5O2. The minimum absolute atomic E-state index is 0.157. The highest BCUT2D eigenvalue weighted by Gasteiger charge is 2.23. The number of hydrogen-bond acceptors (Lipinski definition) is 6. The lowest BCUT2D eigenvalue weighted by Crippen LogP contribution is -2.08. The average Bonchev–Trinajstić information content (AvgIpc) is 2.62. The molecule has 25 heavy (non-hydrogen) atoms. The molecule has 7 nitrogen and oxygen atoms in total. The Morgan fingerprint density at radius 3 is 2.40 bits per heavy atom. The van der Waals surface area contributed by atoms with Crippen molar-refractivity contribution < 1.29 is 4.92 Å². The topological polar surface area (TPSA) is 93.0 Å². The SMILES string of the molecule is Cc1ccccc1Nc1ncnc(NCc2ccccc2)c1[N+](=O)[O-]. The largest absolute Gasteiger partial charge is 0.360 e.